The fourth-order valence-corrected chi connectivity index (χ4v) is 4.35. The van der Waals surface area contributed by atoms with E-state index >= 15 is 0 Å². The predicted octanol–water partition coefficient (Wildman–Crippen LogP) is 2.85. The summed E-state index contributed by atoms with van der Waals surface area (Å²) in [5.74, 6) is 0.154. The first-order chi connectivity index (χ1) is 14.5. The summed E-state index contributed by atoms with van der Waals surface area (Å²) >= 11 is 0. The molecule has 0 saturated carbocycles. The molecule has 2 aliphatic rings. The third-order valence-corrected chi connectivity index (χ3v) is 6.02. The van der Waals surface area contributed by atoms with E-state index in [1.807, 2.05) is 19.1 Å². The maximum Gasteiger partial charge on any atom is 0.261 e. The third kappa shape index (κ3) is 3.66. The molecular weight excluding hydrogens is 421 g/mol. The molecule has 2 aromatic carbocycles. The van der Waals surface area contributed by atoms with Gasteiger partial charge in [0.1, 0.15) is 5.82 Å². The fraction of sp³-hybridized carbons (Fsp3) is 0.318. The number of hydrogen-bond donors (Lipinski definition) is 1. The van der Waals surface area contributed by atoms with Gasteiger partial charge in [-0.25, -0.2) is 4.39 Å². The minimum Gasteiger partial charge on any atom is -0.352 e. The van der Waals surface area contributed by atoms with E-state index < -0.39 is 0 Å². The highest BCUT2D eigenvalue weighted by Crippen LogP contribution is 2.27. The Hall–Kier alpha value is -2.97. The van der Waals surface area contributed by atoms with E-state index in [9.17, 15) is 14.0 Å². The second-order valence-corrected chi connectivity index (χ2v) is 7.83. The minimum atomic E-state index is -0.286. The first-order valence-corrected chi connectivity index (χ1v) is 10.1. The van der Waals surface area contributed by atoms with Crippen LogP contribution >= 0.6 is 12.4 Å². The van der Waals surface area contributed by atoms with Gasteiger partial charge < -0.3 is 4.90 Å². The summed E-state index contributed by atoms with van der Waals surface area (Å²) in [6, 6.07) is 10.0. The average Bonchev–Trinajstić information content (AvgIpc) is 3.26. The molecule has 0 unspecified atom stereocenters. The number of rotatable bonds is 4. The summed E-state index contributed by atoms with van der Waals surface area (Å²) in [6.07, 6.45) is 0. The van der Waals surface area contributed by atoms with E-state index in [0.29, 0.717) is 29.7 Å². The molecule has 0 bridgehead atoms. The molecule has 31 heavy (non-hydrogen) atoms. The summed E-state index contributed by atoms with van der Waals surface area (Å²) in [4.78, 5) is 31.1. The Kier molecular flexibility index (Phi) is 5.68. The van der Waals surface area contributed by atoms with Gasteiger partial charge in [0.25, 0.3) is 11.8 Å². The Morgan fingerprint density at radius 2 is 1.81 bits per heavy atom. The van der Waals surface area contributed by atoms with E-state index in [1.54, 1.807) is 12.1 Å². The second kappa shape index (κ2) is 8.28. The van der Waals surface area contributed by atoms with Gasteiger partial charge in [0.05, 0.1) is 16.6 Å². The molecule has 1 N–H and O–H groups in total. The van der Waals surface area contributed by atoms with Crippen molar-refractivity contribution in [3.8, 4) is 0 Å². The first-order valence-electron chi connectivity index (χ1n) is 10.1. The topological polar surface area (TPSA) is 72.5 Å². The van der Waals surface area contributed by atoms with Crippen LogP contribution in [-0.4, -0.2) is 71.1 Å². The van der Waals surface area contributed by atoms with Gasteiger partial charge in [-0.1, -0.05) is 12.1 Å². The SMILES string of the molecule is Cc1cccc2c1C(=O)N(CCN1CCN(c3n[nH]c4cc(F)ccc34)CC1)C2=O.Cl. The van der Waals surface area contributed by atoms with Crippen LogP contribution in [0.15, 0.2) is 36.4 Å². The number of nitrogens with zero attached hydrogens (tertiary/aromatic N) is 4. The number of benzene rings is 2. The molecule has 9 heteroatoms. The van der Waals surface area contributed by atoms with Gasteiger partial charge in [0.15, 0.2) is 5.82 Å². The van der Waals surface area contributed by atoms with Crippen molar-refractivity contribution in [2.24, 2.45) is 0 Å². The minimum absolute atomic E-state index is 0. The number of aromatic nitrogens is 2. The number of nitrogens with one attached hydrogen (secondary N) is 1. The van der Waals surface area contributed by atoms with Crippen molar-refractivity contribution in [1.82, 2.24) is 20.0 Å². The number of aryl methyl sites for hydroxylation is 1. The fourth-order valence-electron chi connectivity index (χ4n) is 4.35. The van der Waals surface area contributed by atoms with Crippen molar-refractivity contribution in [2.45, 2.75) is 6.92 Å². The Balaban J connectivity index is 0.00000231. The Morgan fingerprint density at radius 1 is 1.03 bits per heavy atom. The van der Waals surface area contributed by atoms with Crippen LogP contribution in [0.4, 0.5) is 10.2 Å². The number of halogens is 2. The molecule has 7 nitrogen and oxygen atoms in total. The molecule has 0 radical (unpaired) electrons. The van der Waals surface area contributed by atoms with Crippen molar-refractivity contribution in [3.05, 3.63) is 58.9 Å². The summed E-state index contributed by atoms with van der Waals surface area (Å²) < 4.78 is 13.4. The van der Waals surface area contributed by atoms with Gasteiger partial charge in [-0.15, -0.1) is 12.4 Å². The number of aromatic amines is 1. The van der Waals surface area contributed by atoms with Crippen LogP contribution < -0.4 is 4.90 Å². The molecule has 0 aliphatic carbocycles. The summed E-state index contributed by atoms with van der Waals surface area (Å²) in [6.45, 7) is 6.05. The lowest BCUT2D eigenvalue weighted by Crippen LogP contribution is -2.49. The summed E-state index contributed by atoms with van der Waals surface area (Å²) in [7, 11) is 0. The number of H-pyrrole nitrogens is 1. The van der Waals surface area contributed by atoms with E-state index in [4.69, 9.17) is 0 Å². The van der Waals surface area contributed by atoms with Crippen LogP contribution in [0.1, 0.15) is 26.3 Å². The normalized spacial score (nSPS) is 16.7. The molecule has 2 amide bonds. The zero-order chi connectivity index (χ0) is 20.8. The van der Waals surface area contributed by atoms with E-state index in [2.05, 4.69) is 20.0 Å². The number of anilines is 1. The number of fused-ring (bicyclic) bond motifs is 2. The maximum atomic E-state index is 13.4. The highest BCUT2D eigenvalue weighted by atomic mass is 35.5. The quantitative estimate of drug-likeness (QED) is 0.628. The molecule has 1 saturated heterocycles. The standard InChI is InChI=1S/C22H22FN5O2.ClH/c1-14-3-2-4-17-19(14)22(30)28(21(17)29)12-9-26-7-10-27(11-8-26)20-16-6-5-15(23)13-18(16)24-25-20;/h2-6,13H,7-12H2,1H3,(H,24,25);1H. The molecule has 3 heterocycles. The average molecular weight is 444 g/mol. The molecule has 162 valence electrons. The zero-order valence-corrected chi connectivity index (χ0v) is 17.9. The van der Waals surface area contributed by atoms with Gasteiger partial charge in [-0.2, -0.15) is 5.10 Å². The smallest absolute Gasteiger partial charge is 0.261 e. The van der Waals surface area contributed by atoms with Crippen LogP contribution in [0, 0.1) is 12.7 Å². The summed E-state index contributed by atoms with van der Waals surface area (Å²) in [5, 5.41) is 8.17. The van der Waals surface area contributed by atoms with Gasteiger partial charge >= 0.3 is 0 Å². The lowest BCUT2D eigenvalue weighted by atomic mass is 10.0. The Labute approximate surface area is 185 Å². The molecule has 5 rings (SSSR count). The Morgan fingerprint density at radius 3 is 2.55 bits per heavy atom. The molecule has 0 spiro atoms. The first kappa shape index (κ1) is 21.3. The highest BCUT2D eigenvalue weighted by molar-refractivity contribution is 6.22. The van der Waals surface area contributed by atoms with Gasteiger partial charge in [-0.3, -0.25) is 24.5 Å². The molecule has 3 aromatic rings. The summed E-state index contributed by atoms with van der Waals surface area (Å²) in [5.41, 5.74) is 2.57. The number of amides is 2. The largest absolute Gasteiger partial charge is 0.352 e. The van der Waals surface area contributed by atoms with Crippen LogP contribution in [0.3, 0.4) is 0 Å². The van der Waals surface area contributed by atoms with Crippen molar-refractivity contribution >= 4 is 40.9 Å². The van der Waals surface area contributed by atoms with Gasteiger partial charge in [-0.05, 0) is 36.8 Å². The van der Waals surface area contributed by atoms with Crippen LogP contribution in [0.25, 0.3) is 10.9 Å². The van der Waals surface area contributed by atoms with Crippen molar-refractivity contribution in [1.29, 1.82) is 0 Å². The molecule has 0 atom stereocenters. The number of carbonyl (C=O) groups is 2. The molecule has 2 aliphatic heterocycles. The van der Waals surface area contributed by atoms with Crippen molar-refractivity contribution in [2.75, 3.05) is 44.2 Å². The molecule has 1 fully saturated rings. The lowest BCUT2D eigenvalue weighted by Gasteiger charge is -2.35. The zero-order valence-electron chi connectivity index (χ0n) is 17.1. The second-order valence-electron chi connectivity index (χ2n) is 7.83. The number of piperazine rings is 1. The lowest BCUT2D eigenvalue weighted by molar-refractivity contribution is 0.0634. The molecular formula is C22H23ClFN5O2. The number of imide groups is 1. The molecule has 1 aromatic heterocycles. The Bertz CT molecular complexity index is 1160. The van der Waals surface area contributed by atoms with E-state index in [0.717, 1.165) is 42.9 Å². The van der Waals surface area contributed by atoms with Crippen LogP contribution in [0.2, 0.25) is 0 Å². The monoisotopic (exact) mass is 443 g/mol. The number of hydrogen-bond acceptors (Lipinski definition) is 5. The van der Waals surface area contributed by atoms with Crippen LogP contribution in [0.5, 0.6) is 0 Å². The van der Waals surface area contributed by atoms with Crippen molar-refractivity contribution in [3.63, 3.8) is 0 Å². The maximum absolute atomic E-state index is 13.4. The van der Waals surface area contributed by atoms with Crippen molar-refractivity contribution < 1.29 is 14.0 Å². The highest BCUT2D eigenvalue weighted by Gasteiger charge is 2.36. The third-order valence-electron chi connectivity index (χ3n) is 6.02. The van der Waals surface area contributed by atoms with Gasteiger partial charge in [0, 0.05) is 44.7 Å². The van der Waals surface area contributed by atoms with E-state index in [-0.39, 0.29) is 30.0 Å². The predicted molar refractivity (Wildman–Crippen MR) is 118 cm³/mol. The van der Waals surface area contributed by atoms with Gasteiger partial charge in [0.2, 0.25) is 0 Å². The number of carbonyl (C=O) groups excluding carboxylic acids is 2. The van der Waals surface area contributed by atoms with E-state index in [1.165, 1.54) is 17.0 Å². The van der Waals surface area contributed by atoms with Crippen LogP contribution in [-0.2, 0) is 0 Å².